The maximum absolute atomic E-state index is 14.8. The molecule has 184 valence electrons. The lowest BCUT2D eigenvalue weighted by Gasteiger charge is -2.16. The van der Waals surface area contributed by atoms with Gasteiger partial charge in [0.15, 0.2) is 11.6 Å². The van der Waals surface area contributed by atoms with Gasteiger partial charge in [0, 0.05) is 49.2 Å². The van der Waals surface area contributed by atoms with Crippen molar-refractivity contribution < 1.29 is 23.1 Å². The summed E-state index contributed by atoms with van der Waals surface area (Å²) in [6.45, 7) is 0. The number of hydrogen-bond donors (Lipinski definition) is 3. The molecule has 2 amide bonds. The summed E-state index contributed by atoms with van der Waals surface area (Å²) >= 11 is 0. The summed E-state index contributed by atoms with van der Waals surface area (Å²) in [6.07, 6.45) is 4.93. The molecule has 36 heavy (non-hydrogen) atoms. The minimum Gasteiger partial charge on any atom is -0.454 e. The number of anilines is 2. The van der Waals surface area contributed by atoms with Crippen LogP contribution in [0.2, 0.25) is 0 Å². The number of benzene rings is 2. The molecule has 3 N–H and O–H groups in total. The molecular weight excluding hydrogens is 468 g/mol. The number of aromatic nitrogens is 1. The molecule has 1 heterocycles. The van der Waals surface area contributed by atoms with E-state index >= 15 is 0 Å². The van der Waals surface area contributed by atoms with E-state index < -0.39 is 34.8 Å². The number of carbonyl (C=O) groups excluding carboxylic acids is 2. The number of pyridine rings is 1. The number of ether oxygens (including phenoxy) is 1. The lowest BCUT2D eigenvalue weighted by Crippen LogP contribution is -2.35. The Bertz CT molecular complexity index is 1320. The SMILES string of the molecule is CN=CC(C=N)c1cc(Oc2ccc(NC(=O)C3(C(=O)Nc4ccc(F)cc4)CC3)cc2F)ccn1. The first-order chi connectivity index (χ1) is 17.3. The third kappa shape index (κ3) is 5.43. The van der Waals surface area contributed by atoms with Gasteiger partial charge in [-0.1, -0.05) is 0 Å². The van der Waals surface area contributed by atoms with Gasteiger partial charge in [-0.15, -0.1) is 0 Å². The molecule has 0 radical (unpaired) electrons. The molecule has 0 aliphatic heterocycles. The maximum Gasteiger partial charge on any atom is 0.240 e. The first-order valence-electron chi connectivity index (χ1n) is 11.1. The van der Waals surface area contributed by atoms with Crippen LogP contribution in [-0.2, 0) is 9.59 Å². The Labute approximate surface area is 205 Å². The summed E-state index contributed by atoms with van der Waals surface area (Å²) in [5, 5.41) is 12.7. The fourth-order valence-corrected chi connectivity index (χ4v) is 3.54. The number of nitrogens with zero attached hydrogens (tertiary/aromatic N) is 2. The van der Waals surface area contributed by atoms with Gasteiger partial charge in [0.1, 0.15) is 17.0 Å². The summed E-state index contributed by atoms with van der Waals surface area (Å²) in [4.78, 5) is 33.6. The average Bonchev–Trinajstić information content (AvgIpc) is 3.68. The Morgan fingerprint density at radius 2 is 1.72 bits per heavy atom. The molecule has 2 aromatic carbocycles. The fraction of sp³-hybridized carbons (Fsp3) is 0.192. The predicted molar refractivity (Wildman–Crippen MR) is 132 cm³/mol. The molecule has 1 fully saturated rings. The van der Waals surface area contributed by atoms with Crippen molar-refractivity contribution in [1.29, 1.82) is 5.41 Å². The van der Waals surface area contributed by atoms with Crippen LogP contribution >= 0.6 is 0 Å². The van der Waals surface area contributed by atoms with Crippen LogP contribution in [0, 0.1) is 22.5 Å². The van der Waals surface area contributed by atoms with Crippen LogP contribution < -0.4 is 15.4 Å². The standard InChI is InChI=1S/C26H23F2N5O3/c1-30-15-16(14-29)22-13-20(8-11-31-22)36-23-7-6-19(12-21(23)28)33-25(35)26(9-10-26)24(34)32-18-4-2-17(27)3-5-18/h2-8,11-16,29H,9-10H2,1H3,(H,32,34)(H,33,35). The van der Waals surface area contributed by atoms with E-state index in [1.807, 2.05) is 0 Å². The van der Waals surface area contributed by atoms with E-state index in [1.54, 1.807) is 25.4 Å². The van der Waals surface area contributed by atoms with Crippen LogP contribution in [0.25, 0.3) is 0 Å². The van der Waals surface area contributed by atoms with Crippen molar-refractivity contribution in [3.05, 3.63) is 78.1 Å². The zero-order valence-electron chi connectivity index (χ0n) is 19.3. The molecule has 0 spiro atoms. The third-order valence-corrected chi connectivity index (χ3v) is 5.72. The normalized spacial score (nSPS) is 14.6. The minimum absolute atomic E-state index is 0.0732. The van der Waals surface area contributed by atoms with Crippen LogP contribution in [0.15, 0.2) is 65.8 Å². The largest absolute Gasteiger partial charge is 0.454 e. The Kier molecular flexibility index (Phi) is 7.14. The van der Waals surface area contributed by atoms with Crippen molar-refractivity contribution in [3.63, 3.8) is 0 Å². The smallest absolute Gasteiger partial charge is 0.240 e. The molecule has 4 rings (SSSR count). The molecule has 1 aromatic heterocycles. The first kappa shape index (κ1) is 24.6. The zero-order valence-corrected chi connectivity index (χ0v) is 19.3. The molecule has 10 heteroatoms. The van der Waals surface area contributed by atoms with Gasteiger partial charge < -0.3 is 20.8 Å². The second-order valence-corrected chi connectivity index (χ2v) is 8.26. The van der Waals surface area contributed by atoms with Crippen molar-refractivity contribution in [1.82, 2.24) is 4.98 Å². The van der Waals surface area contributed by atoms with E-state index in [0.29, 0.717) is 30.0 Å². The molecule has 1 aliphatic rings. The van der Waals surface area contributed by atoms with Gasteiger partial charge in [-0.25, -0.2) is 8.78 Å². The van der Waals surface area contributed by atoms with Crippen LogP contribution in [0.5, 0.6) is 11.5 Å². The molecule has 3 aromatic rings. The van der Waals surface area contributed by atoms with E-state index in [2.05, 4.69) is 20.6 Å². The van der Waals surface area contributed by atoms with Crippen molar-refractivity contribution >= 4 is 35.6 Å². The molecule has 0 bridgehead atoms. The number of halogens is 2. The van der Waals surface area contributed by atoms with Crippen LogP contribution in [-0.4, -0.2) is 36.3 Å². The van der Waals surface area contributed by atoms with Crippen molar-refractivity contribution in [2.45, 2.75) is 18.8 Å². The van der Waals surface area contributed by atoms with Crippen LogP contribution in [0.4, 0.5) is 20.2 Å². The van der Waals surface area contributed by atoms with Crippen LogP contribution in [0.3, 0.4) is 0 Å². The van der Waals surface area contributed by atoms with Crippen molar-refractivity contribution in [2.75, 3.05) is 17.7 Å². The second-order valence-electron chi connectivity index (χ2n) is 8.26. The molecular formula is C26H23F2N5O3. The lowest BCUT2D eigenvalue weighted by molar-refractivity contribution is -0.131. The summed E-state index contributed by atoms with van der Waals surface area (Å²) in [5.74, 6) is -2.40. The second kappa shape index (κ2) is 10.4. The Balaban J connectivity index is 1.42. The summed E-state index contributed by atoms with van der Waals surface area (Å²) in [6, 6.07) is 12.3. The average molecular weight is 491 g/mol. The number of aliphatic imine (C=N–C) groups is 1. The molecule has 1 unspecified atom stereocenters. The van der Waals surface area contributed by atoms with Gasteiger partial charge in [-0.05, 0) is 55.3 Å². The van der Waals surface area contributed by atoms with Crippen LogP contribution in [0.1, 0.15) is 24.5 Å². The maximum atomic E-state index is 14.8. The highest BCUT2D eigenvalue weighted by Gasteiger charge is 2.56. The summed E-state index contributed by atoms with van der Waals surface area (Å²) in [7, 11) is 1.59. The van der Waals surface area contributed by atoms with E-state index in [4.69, 9.17) is 10.1 Å². The van der Waals surface area contributed by atoms with E-state index in [1.165, 1.54) is 48.8 Å². The molecule has 8 nitrogen and oxygen atoms in total. The Morgan fingerprint density at radius 3 is 2.33 bits per heavy atom. The van der Waals surface area contributed by atoms with Crippen molar-refractivity contribution in [2.24, 2.45) is 10.4 Å². The van der Waals surface area contributed by atoms with Gasteiger partial charge in [0.25, 0.3) is 0 Å². The zero-order chi connectivity index (χ0) is 25.7. The monoisotopic (exact) mass is 491 g/mol. The molecule has 1 aliphatic carbocycles. The Hall–Kier alpha value is -4.47. The number of nitrogens with one attached hydrogen (secondary N) is 3. The molecule has 0 saturated heterocycles. The first-order valence-corrected chi connectivity index (χ1v) is 11.1. The number of hydrogen-bond acceptors (Lipinski definition) is 6. The quantitative estimate of drug-likeness (QED) is 0.290. The van der Waals surface area contributed by atoms with Gasteiger partial charge in [0.2, 0.25) is 11.8 Å². The highest BCUT2D eigenvalue weighted by atomic mass is 19.1. The highest BCUT2D eigenvalue weighted by Crippen LogP contribution is 2.47. The topological polar surface area (TPSA) is 117 Å². The fourth-order valence-electron chi connectivity index (χ4n) is 3.54. The van der Waals surface area contributed by atoms with E-state index in [9.17, 15) is 18.4 Å². The van der Waals surface area contributed by atoms with Crippen molar-refractivity contribution in [3.8, 4) is 11.5 Å². The number of rotatable bonds is 9. The Morgan fingerprint density at radius 1 is 1.06 bits per heavy atom. The van der Waals surface area contributed by atoms with Gasteiger partial charge in [-0.3, -0.25) is 19.6 Å². The summed E-state index contributed by atoms with van der Waals surface area (Å²) < 4.78 is 33.5. The summed E-state index contributed by atoms with van der Waals surface area (Å²) in [5.41, 5.74) is -0.197. The minimum atomic E-state index is -1.26. The predicted octanol–water partition coefficient (Wildman–Crippen LogP) is 4.94. The molecule has 1 saturated carbocycles. The lowest BCUT2D eigenvalue weighted by atomic mass is 10.0. The number of carbonyl (C=O) groups is 2. The van der Waals surface area contributed by atoms with Gasteiger partial charge in [0.05, 0.1) is 11.6 Å². The third-order valence-electron chi connectivity index (χ3n) is 5.72. The highest BCUT2D eigenvalue weighted by molar-refractivity contribution is 6.16. The molecule has 1 atom stereocenters. The van der Waals surface area contributed by atoms with E-state index in [-0.39, 0.29) is 11.4 Å². The van der Waals surface area contributed by atoms with E-state index in [0.717, 1.165) is 6.07 Å². The van der Waals surface area contributed by atoms with Gasteiger partial charge in [-0.2, -0.15) is 0 Å². The van der Waals surface area contributed by atoms with Gasteiger partial charge >= 0.3 is 0 Å². The number of amides is 2.